The number of rotatable bonds is 5. The van der Waals surface area contributed by atoms with Crippen molar-refractivity contribution in [1.29, 1.82) is 0 Å². The molecular weight excluding hydrogens is 249 g/mol. The van der Waals surface area contributed by atoms with E-state index in [4.69, 9.17) is 0 Å². The Balaban J connectivity index is 2.41. The summed E-state index contributed by atoms with van der Waals surface area (Å²) in [6.45, 7) is 7.25. The normalized spacial score (nSPS) is 12.4. The lowest BCUT2D eigenvalue weighted by Gasteiger charge is -2.22. The van der Waals surface area contributed by atoms with Crippen LogP contribution in [0.15, 0.2) is 42.5 Å². The summed E-state index contributed by atoms with van der Waals surface area (Å²) in [6.07, 6.45) is 1.05. The minimum atomic E-state index is -0.185. The van der Waals surface area contributed by atoms with E-state index in [1.165, 1.54) is 22.8 Å². The lowest BCUT2D eigenvalue weighted by molar-refractivity contribution is 0.583. The number of nitrogens with one attached hydrogen (secondary N) is 1. The highest BCUT2D eigenvalue weighted by molar-refractivity contribution is 5.39. The van der Waals surface area contributed by atoms with Crippen LogP contribution >= 0.6 is 0 Å². The second kappa shape index (κ2) is 6.67. The van der Waals surface area contributed by atoms with Gasteiger partial charge in [-0.1, -0.05) is 42.8 Å². The van der Waals surface area contributed by atoms with Crippen molar-refractivity contribution < 1.29 is 4.39 Å². The van der Waals surface area contributed by atoms with Crippen molar-refractivity contribution in [1.82, 2.24) is 5.32 Å². The van der Waals surface area contributed by atoms with E-state index in [1.54, 1.807) is 12.1 Å². The molecule has 20 heavy (non-hydrogen) atoms. The van der Waals surface area contributed by atoms with Crippen LogP contribution in [-0.2, 0) is 0 Å². The van der Waals surface area contributed by atoms with Crippen LogP contribution in [0, 0.1) is 19.7 Å². The summed E-state index contributed by atoms with van der Waals surface area (Å²) in [6, 6.07) is 13.3. The van der Waals surface area contributed by atoms with Crippen molar-refractivity contribution in [3.05, 3.63) is 70.5 Å². The van der Waals surface area contributed by atoms with Gasteiger partial charge in [-0.25, -0.2) is 4.39 Å². The molecule has 0 heterocycles. The molecule has 0 aliphatic rings. The Kier molecular flexibility index (Phi) is 4.91. The van der Waals surface area contributed by atoms with Gasteiger partial charge in [-0.15, -0.1) is 0 Å². The number of hydrogen-bond donors (Lipinski definition) is 1. The molecular formula is C18H22FN. The Morgan fingerprint density at radius 3 is 2.55 bits per heavy atom. The zero-order valence-electron chi connectivity index (χ0n) is 12.4. The van der Waals surface area contributed by atoms with Gasteiger partial charge in [-0.2, -0.15) is 0 Å². The lowest BCUT2D eigenvalue weighted by Crippen LogP contribution is -2.24. The van der Waals surface area contributed by atoms with Gasteiger partial charge in [0.25, 0.3) is 0 Å². The van der Waals surface area contributed by atoms with Gasteiger partial charge < -0.3 is 5.32 Å². The van der Waals surface area contributed by atoms with Gasteiger partial charge >= 0.3 is 0 Å². The first kappa shape index (κ1) is 14.7. The molecule has 1 unspecified atom stereocenters. The van der Waals surface area contributed by atoms with Gasteiger partial charge in [-0.05, 0) is 55.6 Å². The standard InChI is InChI=1S/C18H22FN/c1-4-10-20-18(15-6-5-7-16(19)12-15)17-9-8-13(2)11-14(17)3/h5-9,11-12,18,20H,4,10H2,1-3H3. The molecule has 2 aromatic carbocycles. The van der Waals surface area contributed by atoms with E-state index in [0.29, 0.717) is 0 Å². The Morgan fingerprint density at radius 1 is 1.10 bits per heavy atom. The molecule has 1 N–H and O–H groups in total. The molecule has 2 rings (SSSR count). The highest BCUT2D eigenvalue weighted by Gasteiger charge is 2.15. The molecule has 1 nitrogen and oxygen atoms in total. The molecule has 0 aromatic heterocycles. The van der Waals surface area contributed by atoms with Crippen molar-refractivity contribution in [2.75, 3.05) is 6.54 Å². The van der Waals surface area contributed by atoms with Crippen LogP contribution in [0.5, 0.6) is 0 Å². The van der Waals surface area contributed by atoms with Crippen LogP contribution in [0.25, 0.3) is 0 Å². The first-order chi connectivity index (χ1) is 9.61. The molecule has 0 amide bonds. The molecule has 1 atom stereocenters. The Labute approximate surface area is 120 Å². The van der Waals surface area contributed by atoms with E-state index in [-0.39, 0.29) is 11.9 Å². The second-order valence-electron chi connectivity index (χ2n) is 5.30. The third-order valence-corrected chi connectivity index (χ3v) is 3.52. The smallest absolute Gasteiger partial charge is 0.123 e. The molecule has 0 spiro atoms. The molecule has 2 aromatic rings. The SMILES string of the molecule is CCCNC(c1cccc(F)c1)c1ccc(C)cc1C. The zero-order valence-corrected chi connectivity index (χ0v) is 12.4. The van der Waals surface area contributed by atoms with Crippen molar-refractivity contribution in [2.24, 2.45) is 0 Å². The van der Waals surface area contributed by atoms with Crippen LogP contribution < -0.4 is 5.32 Å². The summed E-state index contributed by atoms with van der Waals surface area (Å²) < 4.78 is 13.5. The fourth-order valence-corrected chi connectivity index (χ4v) is 2.53. The zero-order chi connectivity index (χ0) is 14.5. The van der Waals surface area contributed by atoms with Crippen molar-refractivity contribution in [2.45, 2.75) is 33.2 Å². The maximum atomic E-state index is 13.5. The maximum absolute atomic E-state index is 13.5. The van der Waals surface area contributed by atoms with Crippen LogP contribution in [0.3, 0.4) is 0 Å². The number of halogens is 1. The summed E-state index contributed by atoms with van der Waals surface area (Å²) in [5.74, 6) is -0.185. The predicted octanol–water partition coefficient (Wildman–Crippen LogP) is 4.53. The van der Waals surface area contributed by atoms with Gasteiger partial charge in [0.15, 0.2) is 0 Å². The van der Waals surface area contributed by atoms with Crippen LogP contribution in [0.2, 0.25) is 0 Å². The van der Waals surface area contributed by atoms with Crippen molar-refractivity contribution >= 4 is 0 Å². The summed E-state index contributed by atoms with van der Waals surface area (Å²) in [5.41, 5.74) is 4.68. The van der Waals surface area contributed by atoms with E-state index in [1.807, 2.05) is 6.07 Å². The van der Waals surface area contributed by atoms with Gasteiger partial charge in [0.2, 0.25) is 0 Å². The number of hydrogen-bond acceptors (Lipinski definition) is 1. The summed E-state index contributed by atoms with van der Waals surface area (Å²) in [7, 11) is 0. The molecule has 0 bridgehead atoms. The fourth-order valence-electron chi connectivity index (χ4n) is 2.53. The average molecular weight is 271 g/mol. The van der Waals surface area contributed by atoms with E-state index < -0.39 is 0 Å². The summed E-state index contributed by atoms with van der Waals surface area (Å²) in [5, 5.41) is 3.52. The average Bonchev–Trinajstić information content (AvgIpc) is 2.41. The van der Waals surface area contributed by atoms with Crippen molar-refractivity contribution in [3.63, 3.8) is 0 Å². The summed E-state index contributed by atoms with van der Waals surface area (Å²) in [4.78, 5) is 0. The molecule has 0 aliphatic heterocycles. The Hall–Kier alpha value is -1.67. The summed E-state index contributed by atoms with van der Waals surface area (Å²) >= 11 is 0. The van der Waals surface area contributed by atoms with E-state index in [9.17, 15) is 4.39 Å². The van der Waals surface area contributed by atoms with Gasteiger partial charge in [0.1, 0.15) is 5.82 Å². The minimum absolute atomic E-state index is 0.0475. The minimum Gasteiger partial charge on any atom is -0.306 e. The van der Waals surface area contributed by atoms with Crippen LogP contribution in [0.4, 0.5) is 4.39 Å². The molecule has 0 aliphatic carbocycles. The highest BCUT2D eigenvalue weighted by atomic mass is 19.1. The fraction of sp³-hybridized carbons (Fsp3) is 0.333. The highest BCUT2D eigenvalue weighted by Crippen LogP contribution is 2.26. The van der Waals surface area contributed by atoms with E-state index in [2.05, 4.69) is 44.3 Å². The molecule has 2 heteroatoms. The molecule has 0 saturated heterocycles. The van der Waals surface area contributed by atoms with Gasteiger partial charge in [0.05, 0.1) is 6.04 Å². The topological polar surface area (TPSA) is 12.0 Å². The van der Waals surface area contributed by atoms with Crippen molar-refractivity contribution in [3.8, 4) is 0 Å². The Morgan fingerprint density at radius 2 is 1.90 bits per heavy atom. The number of aryl methyl sites for hydroxylation is 2. The molecule has 0 saturated carbocycles. The lowest BCUT2D eigenvalue weighted by atomic mass is 9.93. The van der Waals surface area contributed by atoms with E-state index >= 15 is 0 Å². The molecule has 0 radical (unpaired) electrons. The van der Waals surface area contributed by atoms with Crippen LogP contribution in [-0.4, -0.2) is 6.54 Å². The number of benzene rings is 2. The first-order valence-electron chi connectivity index (χ1n) is 7.18. The third kappa shape index (κ3) is 3.45. The molecule has 0 fully saturated rings. The quantitative estimate of drug-likeness (QED) is 0.842. The van der Waals surface area contributed by atoms with E-state index in [0.717, 1.165) is 18.5 Å². The molecule has 106 valence electrons. The second-order valence-corrected chi connectivity index (χ2v) is 5.30. The predicted molar refractivity (Wildman–Crippen MR) is 82.5 cm³/mol. The van der Waals surface area contributed by atoms with Gasteiger partial charge in [-0.3, -0.25) is 0 Å². The Bertz CT molecular complexity index is 577. The largest absolute Gasteiger partial charge is 0.306 e. The monoisotopic (exact) mass is 271 g/mol. The van der Waals surface area contributed by atoms with Crippen LogP contribution in [0.1, 0.15) is 41.6 Å². The third-order valence-electron chi connectivity index (χ3n) is 3.52. The maximum Gasteiger partial charge on any atom is 0.123 e. The van der Waals surface area contributed by atoms with Gasteiger partial charge in [0, 0.05) is 0 Å². The first-order valence-corrected chi connectivity index (χ1v) is 7.18.